The van der Waals surface area contributed by atoms with Crippen LogP contribution in [0.15, 0.2) is 12.1 Å². The van der Waals surface area contributed by atoms with Crippen molar-refractivity contribution in [2.45, 2.75) is 6.04 Å². The molecule has 1 saturated heterocycles. The number of benzene rings is 1. The van der Waals surface area contributed by atoms with E-state index in [9.17, 15) is 4.79 Å². The molecule has 0 aromatic heterocycles. The lowest BCUT2D eigenvalue weighted by atomic mass is 10.0. The van der Waals surface area contributed by atoms with Gasteiger partial charge >= 0.3 is 6.09 Å². The second-order valence-electron chi connectivity index (χ2n) is 3.74. The molecule has 6 nitrogen and oxygen atoms in total. The van der Waals surface area contributed by atoms with E-state index in [1.807, 2.05) is 0 Å². The van der Waals surface area contributed by atoms with E-state index in [-0.39, 0.29) is 12.6 Å². The fourth-order valence-corrected chi connectivity index (χ4v) is 1.92. The minimum absolute atomic E-state index is 0.248. The Balaban J connectivity index is 2.46. The van der Waals surface area contributed by atoms with Crippen molar-refractivity contribution in [3.05, 3.63) is 17.7 Å². The smallest absolute Gasteiger partial charge is 0.407 e. The van der Waals surface area contributed by atoms with Gasteiger partial charge in [0.2, 0.25) is 0 Å². The van der Waals surface area contributed by atoms with Gasteiger partial charge in [-0.2, -0.15) is 0 Å². The lowest BCUT2D eigenvalue weighted by Gasteiger charge is -2.18. The molecule has 2 rings (SSSR count). The van der Waals surface area contributed by atoms with Gasteiger partial charge < -0.3 is 24.3 Å². The lowest BCUT2D eigenvalue weighted by Crippen LogP contribution is -2.19. The highest BCUT2D eigenvalue weighted by molar-refractivity contribution is 5.71. The zero-order valence-electron chi connectivity index (χ0n) is 10.5. The Morgan fingerprint density at radius 2 is 1.78 bits per heavy atom. The Morgan fingerprint density at radius 1 is 1.17 bits per heavy atom. The first-order valence-corrected chi connectivity index (χ1v) is 5.42. The summed E-state index contributed by atoms with van der Waals surface area (Å²) in [6.07, 6.45) is -0.445. The molecular weight excluding hydrogens is 238 g/mol. The topological polar surface area (TPSA) is 66.0 Å². The molecule has 0 bridgehead atoms. The average Bonchev–Trinajstić information content (AvgIpc) is 2.83. The van der Waals surface area contributed by atoms with Gasteiger partial charge in [-0.3, -0.25) is 0 Å². The third-order valence-electron chi connectivity index (χ3n) is 2.77. The van der Waals surface area contributed by atoms with Crippen molar-refractivity contribution in [1.82, 2.24) is 5.32 Å². The number of amides is 1. The minimum atomic E-state index is -0.445. The number of ether oxygens (including phenoxy) is 4. The van der Waals surface area contributed by atoms with E-state index in [0.29, 0.717) is 17.2 Å². The number of alkyl carbamates (subject to hydrolysis) is 1. The van der Waals surface area contributed by atoms with Crippen LogP contribution in [0.1, 0.15) is 11.6 Å². The van der Waals surface area contributed by atoms with Crippen LogP contribution in [-0.4, -0.2) is 34.0 Å². The number of carbonyl (C=O) groups excluding carboxylic acids is 1. The zero-order chi connectivity index (χ0) is 13.1. The second-order valence-corrected chi connectivity index (χ2v) is 3.74. The standard InChI is InChI=1S/C12H15NO5/c1-15-7-4-9(16-2)11(10(5-7)17-3)8-6-18-12(14)13-8/h4-5,8H,6H2,1-3H3,(H,13,14)/t8-/m0/s1. The van der Waals surface area contributed by atoms with Gasteiger partial charge in [0, 0.05) is 12.1 Å². The second kappa shape index (κ2) is 5.03. The summed E-state index contributed by atoms with van der Waals surface area (Å²) in [5.74, 6) is 1.79. The van der Waals surface area contributed by atoms with Crippen LogP contribution in [0.5, 0.6) is 17.2 Å². The maximum Gasteiger partial charge on any atom is 0.407 e. The molecule has 0 saturated carbocycles. The number of rotatable bonds is 4. The van der Waals surface area contributed by atoms with Crippen molar-refractivity contribution >= 4 is 6.09 Å². The van der Waals surface area contributed by atoms with Gasteiger partial charge in [0.25, 0.3) is 0 Å². The van der Waals surface area contributed by atoms with E-state index >= 15 is 0 Å². The van der Waals surface area contributed by atoms with Crippen LogP contribution in [0.3, 0.4) is 0 Å². The Morgan fingerprint density at radius 3 is 2.17 bits per heavy atom. The van der Waals surface area contributed by atoms with Crippen LogP contribution in [0.4, 0.5) is 4.79 Å². The van der Waals surface area contributed by atoms with Crippen LogP contribution in [0.25, 0.3) is 0 Å². The highest BCUT2D eigenvalue weighted by atomic mass is 16.6. The number of methoxy groups -OCH3 is 3. The quantitative estimate of drug-likeness (QED) is 0.880. The van der Waals surface area contributed by atoms with Gasteiger partial charge in [-0.1, -0.05) is 0 Å². The largest absolute Gasteiger partial charge is 0.496 e. The molecule has 0 radical (unpaired) electrons. The molecule has 1 amide bonds. The van der Waals surface area contributed by atoms with Crippen LogP contribution < -0.4 is 19.5 Å². The van der Waals surface area contributed by atoms with Gasteiger partial charge in [0.1, 0.15) is 23.9 Å². The maximum absolute atomic E-state index is 11.1. The van der Waals surface area contributed by atoms with Crippen LogP contribution in [0.2, 0.25) is 0 Å². The molecule has 6 heteroatoms. The Bertz CT molecular complexity index is 435. The summed E-state index contributed by atoms with van der Waals surface area (Å²) >= 11 is 0. The first-order valence-electron chi connectivity index (χ1n) is 5.42. The number of nitrogens with one attached hydrogen (secondary N) is 1. The molecule has 1 aliphatic rings. The lowest BCUT2D eigenvalue weighted by molar-refractivity contribution is 0.176. The molecule has 0 spiro atoms. The fourth-order valence-electron chi connectivity index (χ4n) is 1.92. The molecule has 1 aromatic rings. The molecule has 0 unspecified atom stereocenters. The third-order valence-corrected chi connectivity index (χ3v) is 2.77. The monoisotopic (exact) mass is 253 g/mol. The van der Waals surface area contributed by atoms with Crippen LogP contribution in [-0.2, 0) is 4.74 Å². The predicted molar refractivity (Wildman–Crippen MR) is 63.3 cm³/mol. The Hall–Kier alpha value is -2.11. The Kier molecular flexibility index (Phi) is 3.45. The molecule has 18 heavy (non-hydrogen) atoms. The van der Waals surface area contributed by atoms with Gasteiger partial charge in [-0.25, -0.2) is 4.79 Å². The Labute approximate surface area is 105 Å². The summed E-state index contributed by atoms with van der Waals surface area (Å²) in [5.41, 5.74) is 0.742. The normalized spacial score (nSPS) is 17.9. The molecule has 1 aromatic carbocycles. The fraction of sp³-hybridized carbons (Fsp3) is 0.417. The van der Waals surface area contributed by atoms with Crippen molar-refractivity contribution in [2.75, 3.05) is 27.9 Å². The predicted octanol–water partition coefficient (Wildman–Crippen LogP) is 1.49. The zero-order valence-corrected chi connectivity index (χ0v) is 10.5. The highest BCUT2D eigenvalue weighted by Gasteiger charge is 2.30. The molecule has 1 N–H and O–H groups in total. The van der Waals surface area contributed by atoms with Gasteiger partial charge in [-0.05, 0) is 0 Å². The summed E-state index contributed by atoms with van der Waals surface area (Å²) in [7, 11) is 4.67. The summed E-state index contributed by atoms with van der Waals surface area (Å²) in [4.78, 5) is 11.1. The van der Waals surface area contributed by atoms with Crippen LogP contribution >= 0.6 is 0 Å². The maximum atomic E-state index is 11.1. The van der Waals surface area contributed by atoms with E-state index in [1.54, 1.807) is 33.5 Å². The van der Waals surface area contributed by atoms with Crippen molar-refractivity contribution in [1.29, 1.82) is 0 Å². The molecule has 1 fully saturated rings. The molecule has 1 heterocycles. The van der Waals surface area contributed by atoms with E-state index in [1.165, 1.54) is 0 Å². The third kappa shape index (κ3) is 2.13. The van der Waals surface area contributed by atoms with E-state index in [4.69, 9.17) is 18.9 Å². The van der Waals surface area contributed by atoms with Crippen LogP contribution in [0, 0.1) is 0 Å². The van der Waals surface area contributed by atoms with Gasteiger partial charge in [0.15, 0.2) is 0 Å². The minimum Gasteiger partial charge on any atom is -0.496 e. The molecular formula is C12H15NO5. The number of hydrogen-bond acceptors (Lipinski definition) is 5. The van der Waals surface area contributed by atoms with Gasteiger partial charge in [0.05, 0.1) is 32.9 Å². The number of hydrogen-bond donors (Lipinski definition) is 1. The van der Waals surface area contributed by atoms with Crippen molar-refractivity contribution in [2.24, 2.45) is 0 Å². The van der Waals surface area contributed by atoms with Gasteiger partial charge in [-0.15, -0.1) is 0 Å². The summed E-state index contributed by atoms with van der Waals surface area (Å²) in [6, 6.07) is 3.19. The first-order chi connectivity index (χ1) is 8.69. The summed E-state index contributed by atoms with van der Waals surface area (Å²) < 4.78 is 20.7. The molecule has 98 valence electrons. The van der Waals surface area contributed by atoms with E-state index in [0.717, 1.165) is 5.56 Å². The summed E-state index contributed by atoms with van der Waals surface area (Å²) in [6.45, 7) is 0.248. The van der Waals surface area contributed by atoms with E-state index < -0.39 is 6.09 Å². The van der Waals surface area contributed by atoms with Crippen molar-refractivity contribution in [3.63, 3.8) is 0 Å². The average molecular weight is 253 g/mol. The molecule has 1 aliphatic heterocycles. The number of cyclic esters (lactones) is 1. The van der Waals surface area contributed by atoms with E-state index in [2.05, 4.69) is 5.32 Å². The van der Waals surface area contributed by atoms with Crippen molar-refractivity contribution in [3.8, 4) is 17.2 Å². The molecule has 0 aliphatic carbocycles. The SMILES string of the molecule is COc1cc(OC)c([C@@H]2COC(=O)N2)c(OC)c1. The van der Waals surface area contributed by atoms with Crippen molar-refractivity contribution < 1.29 is 23.7 Å². The number of carbonyl (C=O) groups is 1. The summed E-state index contributed by atoms with van der Waals surface area (Å²) in [5, 5.41) is 2.70. The first kappa shape index (κ1) is 12.3. The highest BCUT2D eigenvalue weighted by Crippen LogP contribution is 2.39. The molecule has 1 atom stereocenters.